The molecule has 2 fully saturated rings. The average molecular weight is 345 g/mol. The van der Waals surface area contributed by atoms with E-state index in [0.29, 0.717) is 24.1 Å². The molecule has 8 nitrogen and oxygen atoms in total. The van der Waals surface area contributed by atoms with Crippen LogP contribution in [0.2, 0.25) is 0 Å². The highest BCUT2D eigenvalue weighted by Crippen LogP contribution is 2.26. The molecule has 2 aliphatic heterocycles. The van der Waals surface area contributed by atoms with Crippen LogP contribution in [0, 0.1) is 0 Å². The lowest BCUT2D eigenvalue weighted by molar-refractivity contribution is -0.143. The number of carboxylic acid groups (broad SMARTS) is 1. The van der Waals surface area contributed by atoms with Gasteiger partial charge in [-0.1, -0.05) is 12.1 Å². The van der Waals surface area contributed by atoms with Gasteiger partial charge in [-0.3, -0.25) is 14.9 Å². The average Bonchev–Trinajstić information content (AvgIpc) is 2.87. The molecule has 0 radical (unpaired) electrons. The Labute approximate surface area is 144 Å². The first-order valence-corrected chi connectivity index (χ1v) is 8.11. The molecule has 4 amide bonds. The Morgan fingerprint density at radius 1 is 1.20 bits per heavy atom. The first kappa shape index (κ1) is 16.9. The minimum atomic E-state index is -1.19. The van der Waals surface area contributed by atoms with Gasteiger partial charge in [-0.25, -0.2) is 9.59 Å². The van der Waals surface area contributed by atoms with E-state index in [0.717, 1.165) is 12.8 Å². The zero-order chi connectivity index (χ0) is 18.2. The molecule has 2 saturated heterocycles. The number of nitrogens with zero attached hydrogens (tertiary/aromatic N) is 1. The molecule has 1 aromatic carbocycles. The maximum absolute atomic E-state index is 12.7. The number of imide groups is 1. The maximum atomic E-state index is 12.7. The van der Waals surface area contributed by atoms with Gasteiger partial charge in [-0.2, -0.15) is 0 Å². The molecule has 2 unspecified atom stereocenters. The summed E-state index contributed by atoms with van der Waals surface area (Å²) < 4.78 is 0. The maximum Gasteiger partial charge on any atom is 0.326 e. The predicted octanol–water partition coefficient (Wildman–Crippen LogP) is 0.821. The number of aliphatic carboxylic acids is 1. The summed E-state index contributed by atoms with van der Waals surface area (Å²) in [4.78, 5) is 48.7. The molecular formula is C17H19N3O5. The highest BCUT2D eigenvalue weighted by atomic mass is 16.4. The van der Waals surface area contributed by atoms with Crippen LogP contribution < -0.4 is 10.6 Å². The molecule has 0 spiro atoms. The molecule has 0 bridgehead atoms. The van der Waals surface area contributed by atoms with E-state index in [-0.39, 0.29) is 5.91 Å². The largest absolute Gasteiger partial charge is 0.480 e. The third-order valence-electron chi connectivity index (χ3n) is 4.80. The molecule has 0 aliphatic carbocycles. The molecule has 8 heteroatoms. The normalized spacial score (nSPS) is 26.1. The lowest BCUT2D eigenvalue weighted by Gasteiger charge is -2.33. The minimum absolute atomic E-state index is 0.344. The number of carbonyl (C=O) groups is 4. The number of urea groups is 1. The van der Waals surface area contributed by atoms with Gasteiger partial charge in [-0.05, 0) is 43.9 Å². The smallest absolute Gasteiger partial charge is 0.326 e. The standard InChI is InChI=1S/C17H19N3O5/c1-17(15(24)18-16(25)19-17)11-7-5-10(6-8-11)13(21)20-9-3-2-4-12(20)14(22)23/h5-8,12H,2-4,9H2,1H3,(H,22,23)(H2,18,19,24,25). The second kappa shape index (κ2) is 6.19. The quantitative estimate of drug-likeness (QED) is 0.702. The van der Waals surface area contributed by atoms with Crippen LogP contribution in [0.15, 0.2) is 24.3 Å². The van der Waals surface area contributed by atoms with E-state index in [4.69, 9.17) is 0 Å². The number of piperidine rings is 1. The fraction of sp³-hybridized carbons (Fsp3) is 0.412. The number of carboxylic acids is 1. The molecule has 0 saturated carbocycles. The minimum Gasteiger partial charge on any atom is -0.480 e. The van der Waals surface area contributed by atoms with Gasteiger partial charge in [0, 0.05) is 12.1 Å². The Morgan fingerprint density at radius 3 is 2.44 bits per heavy atom. The third-order valence-corrected chi connectivity index (χ3v) is 4.80. The lowest BCUT2D eigenvalue weighted by Crippen LogP contribution is -2.48. The number of hydrogen-bond donors (Lipinski definition) is 3. The molecule has 3 rings (SSSR count). The molecule has 2 atom stereocenters. The van der Waals surface area contributed by atoms with Crippen LogP contribution >= 0.6 is 0 Å². The van der Waals surface area contributed by atoms with Crippen molar-refractivity contribution in [2.75, 3.05) is 6.54 Å². The molecule has 1 aromatic rings. The summed E-state index contributed by atoms with van der Waals surface area (Å²) in [6.07, 6.45) is 2.01. The predicted molar refractivity (Wildman–Crippen MR) is 86.8 cm³/mol. The number of benzene rings is 1. The van der Waals surface area contributed by atoms with E-state index < -0.39 is 29.5 Å². The topological polar surface area (TPSA) is 116 Å². The van der Waals surface area contributed by atoms with Gasteiger partial charge in [0.2, 0.25) is 0 Å². The number of nitrogens with one attached hydrogen (secondary N) is 2. The van der Waals surface area contributed by atoms with Crippen molar-refractivity contribution < 1.29 is 24.3 Å². The summed E-state index contributed by atoms with van der Waals surface area (Å²) in [6, 6.07) is 4.92. The van der Waals surface area contributed by atoms with Crippen molar-refractivity contribution in [1.82, 2.24) is 15.5 Å². The van der Waals surface area contributed by atoms with E-state index in [2.05, 4.69) is 10.6 Å². The van der Waals surface area contributed by atoms with Crippen molar-refractivity contribution in [3.05, 3.63) is 35.4 Å². The van der Waals surface area contributed by atoms with Crippen molar-refractivity contribution >= 4 is 23.8 Å². The van der Waals surface area contributed by atoms with Gasteiger partial charge < -0.3 is 15.3 Å². The highest BCUT2D eigenvalue weighted by molar-refractivity contribution is 6.07. The van der Waals surface area contributed by atoms with Crippen molar-refractivity contribution in [3.63, 3.8) is 0 Å². The Morgan fingerprint density at radius 2 is 1.88 bits per heavy atom. The van der Waals surface area contributed by atoms with Crippen LogP contribution in [-0.4, -0.2) is 46.4 Å². The Balaban J connectivity index is 1.82. The van der Waals surface area contributed by atoms with Crippen LogP contribution in [0.3, 0.4) is 0 Å². The Bertz CT molecular complexity index is 745. The second-order valence-corrected chi connectivity index (χ2v) is 6.46. The van der Waals surface area contributed by atoms with Gasteiger partial charge in [0.25, 0.3) is 11.8 Å². The van der Waals surface area contributed by atoms with Gasteiger partial charge in [-0.15, -0.1) is 0 Å². The molecule has 132 valence electrons. The highest BCUT2D eigenvalue weighted by Gasteiger charge is 2.43. The number of carbonyl (C=O) groups excluding carboxylic acids is 3. The summed E-state index contributed by atoms with van der Waals surface area (Å²) >= 11 is 0. The van der Waals surface area contributed by atoms with Gasteiger partial charge in [0.1, 0.15) is 11.6 Å². The summed E-state index contributed by atoms with van der Waals surface area (Å²) in [5.74, 6) is -1.80. The zero-order valence-electron chi connectivity index (χ0n) is 13.7. The van der Waals surface area contributed by atoms with Gasteiger partial charge >= 0.3 is 12.0 Å². The molecule has 2 heterocycles. The zero-order valence-corrected chi connectivity index (χ0v) is 13.7. The van der Waals surface area contributed by atoms with Crippen LogP contribution in [0.5, 0.6) is 0 Å². The fourth-order valence-electron chi connectivity index (χ4n) is 3.29. The second-order valence-electron chi connectivity index (χ2n) is 6.46. The van der Waals surface area contributed by atoms with Crippen LogP contribution in [-0.2, 0) is 15.1 Å². The monoisotopic (exact) mass is 345 g/mol. The summed E-state index contributed by atoms with van der Waals surface area (Å²) in [7, 11) is 0. The molecular weight excluding hydrogens is 326 g/mol. The van der Waals surface area contributed by atoms with Gasteiger partial charge in [0.05, 0.1) is 0 Å². The SMILES string of the molecule is CC1(c2ccc(C(=O)N3CCCCC3C(=O)O)cc2)NC(=O)NC1=O. The van der Waals surface area contributed by atoms with Crippen LogP contribution in [0.4, 0.5) is 4.79 Å². The molecule has 25 heavy (non-hydrogen) atoms. The number of amides is 4. The van der Waals surface area contributed by atoms with E-state index >= 15 is 0 Å². The van der Waals surface area contributed by atoms with Gasteiger partial charge in [0.15, 0.2) is 0 Å². The summed E-state index contributed by atoms with van der Waals surface area (Å²) in [6.45, 7) is 1.99. The molecule has 0 aromatic heterocycles. The molecule has 3 N–H and O–H groups in total. The lowest BCUT2D eigenvalue weighted by atomic mass is 9.91. The molecule has 2 aliphatic rings. The fourth-order valence-corrected chi connectivity index (χ4v) is 3.29. The Hall–Kier alpha value is -2.90. The van der Waals surface area contributed by atoms with E-state index in [9.17, 15) is 24.3 Å². The van der Waals surface area contributed by atoms with Crippen LogP contribution in [0.25, 0.3) is 0 Å². The van der Waals surface area contributed by atoms with Crippen molar-refractivity contribution in [2.45, 2.75) is 37.8 Å². The van der Waals surface area contributed by atoms with E-state index in [1.54, 1.807) is 31.2 Å². The third kappa shape index (κ3) is 2.95. The van der Waals surface area contributed by atoms with Crippen molar-refractivity contribution in [2.24, 2.45) is 0 Å². The van der Waals surface area contributed by atoms with Crippen LogP contribution in [0.1, 0.15) is 42.1 Å². The number of likely N-dealkylation sites (tertiary alicyclic amines) is 1. The summed E-state index contributed by atoms with van der Waals surface area (Å²) in [5, 5.41) is 14.0. The Kier molecular flexibility index (Phi) is 4.20. The van der Waals surface area contributed by atoms with Crippen molar-refractivity contribution in [3.8, 4) is 0 Å². The van der Waals surface area contributed by atoms with Crippen molar-refractivity contribution in [1.29, 1.82) is 0 Å². The van der Waals surface area contributed by atoms with E-state index in [1.165, 1.54) is 4.90 Å². The summed E-state index contributed by atoms with van der Waals surface area (Å²) in [5.41, 5.74) is -0.293. The first-order valence-electron chi connectivity index (χ1n) is 8.11. The number of hydrogen-bond acceptors (Lipinski definition) is 4. The first-order chi connectivity index (χ1) is 11.8. The number of rotatable bonds is 3. The van der Waals surface area contributed by atoms with E-state index in [1.807, 2.05) is 0 Å².